The lowest BCUT2D eigenvalue weighted by Crippen LogP contribution is -2.35. The molecule has 0 saturated carbocycles. The SMILES string of the molecule is Cc1ccc(N(CCC#N)C(=O)COc2ccc(Cl)cc2Cl)cc1. The molecule has 0 aliphatic heterocycles. The fourth-order valence-corrected chi connectivity index (χ4v) is 2.56. The van der Waals surface area contributed by atoms with E-state index in [9.17, 15) is 4.79 Å². The van der Waals surface area contributed by atoms with E-state index in [-0.39, 0.29) is 18.9 Å². The fourth-order valence-electron chi connectivity index (χ4n) is 2.09. The van der Waals surface area contributed by atoms with Crippen molar-refractivity contribution in [1.82, 2.24) is 0 Å². The lowest BCUT2D eigenvalue weighted by Gasteiger charge is -2.22. The Bertz CT molecular complexity index is 755. The standard InChI is InChI=1S/C18H16Cl2N2O2/c1-13-3-6-15(7-4-13)22(10-2-9-21)18(23)12-24-17-8-5-14(19)11-16(17)20/h3-8,11H,2,10,12H2,1H3. The third kappa shape index (κ3) is 4.89. The van der Waals surface area contributed by atoms with Crippen molar-refractivity contribution in [2.75, 3.05) is 18.1 Å². The molecule has 0 aliphatic rings. The van der Waals surface area contributed by atoms with Crippen molar-refractivity contribution >= 4 is 34.8 Å². The van der Waals surface area contributed by atoms with E-state index < -0.39 is 0 Å². The number of carbonyl (C=O) groups excluding carboxylic acids is 1. The molecule has 24 heavy (non-hydrogen) atoms. The van der Waals surface area contributed by atoms with Gasteiger partial charge in [-0.1, -0.05) is 40.9 Å². The molecule has 0 spiro atoms. The average Bonchev–Trinajstić information content (AvgIpc) is 2.56. The summed E-state index contributed by atoms with van der Waals surface area (Å²) in [5, 5.41) is 9.65. The Kier molecular flexibility index (Phi) is 6.48. The van der Waals surface area contributed by atoms with Crippen LogP contribution in [0.15, 0.2) is 42.5 Å². The van der Waals surface area contributed by atoms with Crippen LogP contribution in [0.2, 0.25) is 10.0 Å². The highest BCUT2D eigenvalue weighted by Crippen LogP contribution is 2.27. The van der Waals surface area contributed by atoms with Crippen molar-refractivity contribution in [3.05, 3.63) is 58.1 Å². The van der Waals surface area contributed by atoms with Gasteiger partial charge in [-0.15, -0.1) is 0 Å². The average molecular weight is 363 g/mol. The van der Waals surface area contributed by atoms with Gasteiger partial charge in [0.15, 0.2) is 6.61 Å². The molecular weight excluding hydrogens is 347 g/mol. The number of benzene rings is 2. The molecule has 0 atom stereocenters. The number of halogens is 2. The molecule has 0 aromatic heterocycles. The van der Waals surface area contributed by atoms with Gasteiger partial charge < -0.3 is 9.64 Å². The minimum Gasteiger partial charge on any atom is -0.482 e. The minimum absolute atomic E-state index is 0.180. The predicted molar refractivity (Wildman–Crippen MR) is 95.7 cm³/mol. The van der Waals surface area contributed by atoms with Crippen molar-refractivity contribution in [2.45, 2.75) is 13.3 Å². The zero-order valence-electron chi connectivity index (χ0n) is 13.1. The van der Waals surface area contributed by atoms with Crippen LogP contribution >= 0.6 is 23.2 Å². The summed E-state index contributed by atoms with van der Waals surface area (Å²) in [6, 6.07) is 14.4. The molecule has 2 aromatic carbocycles. The van der Waals surface area contributed by atoms with E-state index in [1.54, 1.807) is 18.2 Å². The number of nitriles is 1. The van der Waals surface area contributed by atoms with Crippen LogP contribution in [-0.2, 0) is 4.79 Å². The molecule has 2 rings (SSSR count). The Labute approximate surface area is 151 Å². The van der Waals surface area contributed by atoms with E-state index in [0.29, 0.717) is 22.3 Å². The molecule has 0 radical (unpaired) electrons. The maximum atomic E-state index is 12.5. The summed E-state index contributed by atoms with van der Waals surface area (Å²) < 4.78 is 5.50. The third-order valence-electron chi connectivity index (χ3n) is 3.34. The van der Waals surface area contributed by atoms with Gasteiger partial charge in [-0.2, -0.15) is 5.26 Å². The summed E-state index contributed by atoms with van der Waals surface area (Å²) in [5.74, 6) is 0.138. The molecular formula is C18H16Cl2N2O2. The summed E-state index contributed by atoms with van der Waals surface area (Å²) in [7, 11) is 0. The number of hydrogen-bond acceptors (Lipinski definition) is 3. The molecule has 0 fully saturated rings. The molecule has 0 N–H and O–H groups in total. The van der Waals surface area contributed by atoms with E-state index in [2.05, 4.69) is 6.07 Å². The number of anilines is 1. The molecule has 2 aromatic rings. The zero-order valence-corrected chi connectivity index (χ0v) is 14.6. The number of amides is 1. The highest BCUT2D eigenvalue weighted by Gasteiger charge is 2.16. The smallest absolute Gasteiger partial charge is 0.264 e. The van der Waals surface area contributed by atoms with E-state index in [1.807, 2.05) is 31.2 Å². The molecule has 0 aliphatic carbocycles. The van der Waals surface area contributed by atoms with Crippen LogP contribution in [-0.4, -0.2) is 19.1 Å². The number of ether oxygens (including phenoxy) is 1. The Morgan fingerprint density at radius 3 is 2.54 bits per heavy atom. The van der Waals surface area contributed by atoms with Crippen LogP contribution in [0.1, 0.15) is 12.0 Å². The molecule has 0 unspecified atom stereocenters. The highest BCUT2D eigenvalue weighted by atomic mass is 35.5. The quantitative estimate of drug-likeness (QED) is 0.752. The first kappa shape index (κ1) is 18.1. The Hall–Kier alpha value is -2.22. The van der Waals surface area contributed by atoms with Crippen molar-refractivity contribution in [3.8, 4) is 11.8 Å². The largest absolute Gasteiger partial charge is 0.482 e. The molecule has 0 heterocycles. The Morgan fingerprint density at radius 1 is 1.21 bits per heavy atom. The van der Waals surface area contributed by atoms with Crippen LogP contribution in [0, 0.1) is 18.3 Å². The number of nitrogens with zero attached hydrogens (tertiary/aromatic N) is 2. The van der Waals surface area contributed by atoms with Crippen LogP contribution in [0.25, 0.3) is 0 Å². The second-order valence-electron chi connectivity index (χ2n) is 5.15. The van der Waals surface area contributed by atoms with Gasteiger partial charge in [-0.05, 0) is 37.3 Å². The normalized spacial score (nSPS) is 10.1. The van der Waals surface area contributed by atoms with Crippen molar-refractivity contribution in [3.63, 3.8) is 0 Å². The van der Waals surface area contributed by atoms with Crippen LogP contribution < -0.4 is 9.64 Å². The summed E-state index contributed by atoms with van der Waals surface area (Å²) in [5.41, 5.74) is 1.82. The van der Waals surface area contributed by atoms with E-state index in [1.165, 1.54) is 4.90 Å². The summed E-state index contributed by atoms with van der Waals surface area (Å²) in [4.78, 5) is 14.0. The van der Waals surface area contributed by atoms with Gasteiger partial charge in [0.05, 0.1) is 17.5 Å². The van der Waals surface area contributed by atoms with Crippen molar-refractivity contribution in [1.29, 1.82) is 5.26 Å². The van der Waals surface area contributed by atoms with Gasteiger partial charge in [-0.25, -0.2) is 0 Å². The first-order valence-electron chi connectivity index (χ1n) is 7.33. The van der Waals surface area contributed by atoms with Crippen molar-refractivity contribution in [2.24, 2.45) is 0 Å². The Balaban J connectivity index is 2.10. The number of aryl methyl sites for hydroxylation is 1. The van der Waals surface area contributed by atoms with E-state index in [4.69, 9.17) is 33.2 Å². The number of carbonyl (C=O) groups is 1. The van der Waals surface area contributed by atoms with Crippen LogP contribution in [0.5, 0.6) is 5.75 Å². The molecule has 124 valence electrons. The van der Waals surface area contributed by atoms with Crippen LogP contribution in [0.4, 0.5) is 5.69 Å². The monoisotopic (exact) mass is 362 g/mol. The number of hydrogen-bond donors (Lipinski definition) is 0. The second kappa shape index (κ2) is 8.58. The molecule has 4 nitrogen and oxygen atoms in total. The summed E-state index contributed by atoms with van der Waals surface area (Å²) in [6.07, 6.45) is 0.237. The van der Waals surface area contributed by atoms with Gasteiger partial charge in [0.25, 0.3) is 5.91 Å². The number of rotatable bonds is 6. The molecule has 1 amide bonds. The summed E-state index contributed by atoms with van der Waals surface area (Å²) >= 11 is 11.9. The van der Waals surface area contributed by atoms with Crippen LogP contribution in [0.3, 0.4) is 0 Å². The molecule has 0 bridgehead atoms. The topological polar surface area (TPSA) is 53.3 Å². The van der Waals surface area contributed by atoms with Gasteiger partial charge >= 0.3 is 0 Å². The molecule has 0 saturated heterocycles. The second-order valence-corrected chi connectivity index (χ2v) is 6.00. The fraction of sp³-hybridized carbons (Fsp3) is 0.222. The zero-order chi connectivity index (χ0) is 17.5. The van der Waals surface area contributed by atoms with Gasteiger partial charge in [0, 0.05) is 17.3 Å². The van der Waals surface area contributed by atoms with Gasteiger partial charge in [0.1, 0.15) is 5.75 Å². The first-order valence-corrected chi connectivity index (χ1v) is 8.08. The van der Waals surface area contributed by atoms with Crippen molar-refractivity contribution < 1.29 is 9.53 Å². The maximum Gasteiger partial charge on any atom is 0.264 e. The Morgan fingerprint density at radius 2 is 1.92 bits per heavy atom. The minimum atomic E-state index is -0.250. The van der Waals surface area contributed by atoms with Gasteiger partial charge in [0.2, 0.25) is 0 Å². The maximum absolute atomic E-state index is 12.5. The highest BCUT2D eigenvalue weighted by molar-refractivity contribution is 6.35. The molecule has 6 heteroatoms. The predicted octanol–water partition coefficient (Wildman–Crippen LogP) is 4.63. The lowest BCUT2D eigenvalue weighted by atomic mass is 10.2. The van der Waals surface area contributed by atoms with Gasteiger partial charge in [-0.3, -0.25) is 4.79 Å². The summed E-state index contributed by atoms with van der Waals surface area (Å²) in [6.45, 7) is 2.09. The lowest BCUT2D eigenvalue weighted by molar-refractivity contribution is -0.120. The van der Waals surface area contributed by atoms with E-state index in [0.717, 1.165) is 11.3 Å². The van der Waals surface area contributed by atoms with E-state index >= 15 is 0 Å². The third-order valence-corrected chi connectivity index (χ3v) is 3.87. The first-order chi connectivity index (χ1) is 11.5.